The lowest BCUT2D eigenvalue weighted by molar-refractivity contribution is 1.14. The Labute approximate surface area is 119 Å². The van der Waals surface area contributed by atoms with Crippen LogP contribution in [0.1, 0.15) is 12.5 Å². The fraction of sp³-hybridized carbons (Fsp3) is 0.111. The van der Waals surface area contributed by atoms with Crippen LogP contribution in [0.15, 0.2) is 65.6 Å². The predicted octanol–water partition coefficient (Wildman–Crippen LogP) is 5.36. The van der Waals surface area contributed by atoms with E-state index in [1.807, 2.05) is 0 Å². The zero-order valence-electron chi connectivity index (χ0n) is 10.9. The first kappa shape index (κ1) is 12.3. The SMILES string of the molecule is CCc1ccccc1-c1ccc2ccccc2c1S. The van der Waals surface area contributed by atoms with Crippen molar-refractivity contribution in [3.8, 4) is 11.1 Å². The third kappa shape index (κ3) is 2.15. The number of thiol groups is 1. The minimum absolute atomic E-state index is 1.04. The van der Waals surface area contributed by atoms with Crippen molar-refractivity contribution in [2.24, 2.45) is 0 Å². The summed E-state index contributed by atoms with van der Waals surface area (Å²) < 4.78 is 0. The van der Waals surface area contributed by atoms with E-state index < -0.39 is 0 Å². The van der Waals surface area contributed by atoms with Crippen LogP contribution < -0.4 is 0 Å². The second-order valence-corrected chi connectivity index (χ2v) is 5.14. The molecule has 0 bridgehead atoms. The summed E-state index contributed by atoms with van der Waals surface area (Å²) >= 11 is 4.76. The lowest BCUT2D eigenvalue weighted by Crippen LogP contribution is -1.89. The van der Waals surface area contributed by atoms with Crippen LogP contribution >= 0.6 is 12.6 Å². The molecule has 0 atom stereocenters. The summed E-state index contributed by atoms with van der Waals surface area (Å²) in [5, 5.41) is 2.46. The van der Waals surface area contributed by atoms with E-state index in [-0.39, 0.29) is 0 Å². The molecule has 0 aliphatic rings. The van der Waals surface area contributed by atoms with Crippen molar-refractivity contribution in [1.29, 1.82) is 0 Å². The first-order valence-electron chi connectivity index (χ1n) is 6.60. The van der Waals surface area contributed by atoms with Crippen LogP contribution in [-0.4, -0.2) is 0 Å². The molecule has 0 aromatic heterocycles. The smallest absolute Gasteiger partial charge is 0.0197 e. The largest absolute Gasteiger partial charge is 0.142 e. The molecule has 0 fully saturated rings. The van der Waals surface area contributed by atoms with Crippen LogP contribution in [0.4, 0.5) is 0 Å². The lowest BCUT2D eigenvalue weighted by Gasteiger charge is -2.12. The Morgan fingerprint density at radius 2 is 1.53 bits per heavy atom. The monoisotopic (exact) mass is 264 g/mol. The lowest BCUT2D eigenvalue weighted by atomic mass is 9.96. The van der Waals surface area contributed by atoms with E-state index in [4.69, 9.17) is 12.6 Å². The molecule has 0 radical (unpaired) electrons. The van der Waals surface area contributed by atoms with Gasteiger partial charge in [0.05, 0.1) is 0 Å². The van der Waals surface area contributed by atoms with Gasteiger partial charge in [0.25, 0.3) is 0 Å². The highest BCUT2D eigenvalue weighted by Gasteiger charge is 2.08. The summed E-state index contributed by atoms with van der Waals surface area (Å²) in [6, 6.07) is 21.3. The van der Waals surface area contributed by atoms with Crippen LogP contribution in [0.2, 0.25) is 0 Å². The van der Waals surface area contributed by atoms with Gasteiger partial charge in [0.15, 0.2) is 0 Å². The summed E-state index contributed by atoms with van der Waals surface area (Å²) in [6.45, 7) is 2.19. The quantitative estimate of drug-likeness (QED) is 0.592. The molecule has 0 nitrogen and oxygen atoms in total. The molecule has 0 aliphatic heterocycles. The molecule has 0 saturated carbocycles. The number of hydrogen-bond donors (Lipinski definition) is 1. The normalized spacial score (nSPS) is 10.8. The molecule has 0 unspecified atom stereocenters. The van der Waals surface area contributed by atoms with E-state index in [1.165, 1.54) is 27.5 Å². The number of hydrogen-bond acceptors (Lipinski definition) is 1. The third-order valence-electron chi connectivity index (χ3n) is 3.59. The molecule has 94 valence electrons. The molecule has 0 heterocycles. The van der Waals surface area contributed by atoms with E-state index in [1.54, 1.807) is 0 Å². The summed E-state index contributed by atoms with van der Waals surface area (Å²) in [5.74, 6) is 0. The fourth-order valence-corrected chi connectivity index (χ4v) is 2.96. The molecule has 3 aromatic rings. The fourth-order valence-electron chi connectivity index (χ4n) is 2.56. The van der Waals surface area contributed by atoms with Gasteiger partial charge < -0.3 is 0 Å². The minimum atomic E-state index is 1.04. The molecule has 3 aromatic carbocycles. The Morgan fingerprint density at radius 3 is 2.37 bits per heavy atom. The maximum absolute atomic E-state index is 4.76. The zero-order valence-corrected chi connectivity index (χ0v) is 11.8. The van der Waals surface area contributed by atoms with Crippen molar-refractivity contribution in [3.63, 3.8) is 0 Å². The Hall–Kier alpha value is -1.73. The Morgan fingerprint density at radius 1 is 0.789 bits per heavy atom. The van der Waals surface area contributed by atoms with E-state index in [0.29, 0.717) is 0 Å². The van der Waals surface area contributed by atoms with Crippen molar-refractivity contribution in [3.05, 3.63) is 66.2 Å². The summed E-state index contributed by atoms with van der Waals surface area (Å²) in [6.07, 6.45) is 1.04. The van der Waals surface area contributed by atoms with Gasteiger partial charge in [-0.15, -0.1) is 12.6 Å². The van der Waals surface area contributed by atoms with Gasteiger partial charge >= 0.3 is 0 Å². The molecular weight excluding hydrogens is 248 g/mol. The Balaban J connectivity index is 2.28. The number of benzene rings is 3. The minimum Gasteiger partial charge on any atom is -0.142 e. The van der Waals surface area contributed by atoms with Crippen LogP contribution in [0, 0.1) is 0 Å². The van der Waals surface area contributed by atoms with Crippen LogP contribution in [-0.2, 0) is 6.42 Å². The third-order valence-corrected chi connectivity index (χ3v) is 4.07. The molecule has 3 rings (SSSR count). The topological polar surface area (TPSA) is 0 Å². The van der Waals surface area contributed by atoms with Crippen LogP contribution in [0.25, 0.3) is 21.9 Å². The average molecular weight is 264 g/mol. The van der Waals surface area contributed by atoms with Gasteiger partial charge in [-0.3, -0.25) is 0 Å². The predicted molar refractivity (Wildman–Crippen MR) is 86.0 cm³/mol. The molecule has 0 saturated heterocycles. The van der Waals surface area contributed by atoms with E-state index in [0.717, 1.165) is 11.3 Å². The molecule has 0 N–H and O–H groups in total. The summed E-state index contributed by atoms with van der Waals surface area (Å²) in [7, 11) is 0. The summed E-state index contributed by atoms with van der Waals surface area (Å²) in [4.78, 5) is 1.07. The molecule has 19 heavy (non-hydrogen) atoms. The van der Waals surface area contributed by atoms with Crippen molar-refractivity contribution in [2.75, 3.05) is 0 Å². The van der Waals surface area contributed by atoms with Crippen molar-refractivity contribution >= 4 is 23.4 Å². The highest BCUT2D eigenvalue weighted by Crippen LogP contribution is 2.34. The standard InChI is InChI=1S/C18H16S/c1-2-13-7-3-5-9-15(13)17-12-11-14-8-4-6-10-16(14)18(17)19/h3-12,19H,2H2,1H3. The van der Waals surface area contributed by atoms with Crippen molar-refractivity contribution in [1.82, 2.24) is 0 Å². The van der Waals surface area contributed by atoms with Gasteiger partial charge in [-0.1, -0.05) is 67.6 Å². The second-order valence-electron chi connectivity index (χ2n) is 4.69. The number of rotatable bonds is 2. The van der Waals surface area contributed by atoms with Crippen molar-refractivity contribution in [2.45, 2.75) is 18.2 Å². The van der Waals surface area contributed by atoms with Gasteiger partial charge in [0.2, 0.25) is 0 Å². The number of aryl methyl sites for hydroxylation is 1. The molecular formula is C18H16S. The molecule has 0 spiro atoms. The van der Waals surface area contributed by atoms with Crippen LogP contribution in [0.5, 0.6) is 0 Å². The Kier molecular flexibility index (Phi) is 3.31. The summed E-state index contributed by atoms with van der Waals surface area (Å²) in [5.41, 5.74) is 3.88. The second kappa shape index (κ2) is 5.10. The van der Waals surface area contributed by atoms with Gasteiger partial charge in [0, 0.05) is 4.90 Å². The van der Waals surface area contributed by atoms with Crippen LogP contribution in [0.3, 0.4) is 0 Å². The maximum Gasteiger partial charge on any atom is 0.0197 e. The van der Waals surface area contributed by atoms with Gasteiger partial charge in [-0.2, -0.15) is 0 Å². The van der Waals surface area contributed by atoms with Crippen molar-refractivity contribution < 1.29 is 0 Å². The van der Waals surface area contributed by atoms with Gasteiger partial charge in [0.1, 0.15) is 0 Å². The first-order valence-corrected chi connectivity index (χ1v) is 7.05. The van der Waals surface area contributed by atoms with Gasteiger partial charge in [-0.05, 0) is 33.9 Å². The average Bonchev–Trinajstić information content (AvgIpc) is 2.48. The van der Waals surface area contributed by atoms with E-state index in [9.17, 15) is 0 Å². The van der Waals surface area contributed by atoms with Gasteiger partial charge in [-0.25, -0.2) is 0 Å². The Bertz CT molecular complexity index is 729. The molecule has 1 heteroatoms. The van der Waals surface area contributed by atoms with E-state index in [2.05, 4.69) is 67.6 Å². The first-order chi connectivity index (χ1) is 9.31. The number of fused-ring (bicyclic) bond motifs is 1. The van der Waals surface area contributed by atoms with E-state index >= 15 is 0 Å². The maximum atomic E-state index is 4.76. The highest BCUT2D eigenvalue weighted by molar-refractivity contribution is 7.80. The highest BCUT2D eigenvalue weighted by atomic mass is 32.1. The molecule has 0 amide bonds. The zero-order chi connectivity index (χ0) is 13.2. The molecule has 0 aliphatic carbocycles.